The Kier molecular flexibility index (Phi) is 6.72. The maximum absolute atomic E-state index is 14.0. The highest BCUT2D eigenvalue weighted by molar-refractivity contribution is 5.91. The van der Waals surface area contributed by atoms with Crippen molar-refractivity contribution >= 4 is 17.7 Å². The first-order valence-electron chi connectivity index (χ1n) is 11.0. The number of hydrogen-bond donors (Lipinski definition) is 1. The van der Waals surface area contributed by atoms with Crippen LogP contribution in [0.1, 0.15) is 23.7 Å². The summed E-state index contributed by atoms with van der Waals surface area (Å²) < 4.78 is 20.4. The second kappa shape index (κ2) is 9.86. The molecule has 8 nitrogen and oxygen atoms in total. The zero-order valence-electron chi connectivity index (χ0n) is 19.0. The molecule has 2 heterocycles. The molecular formula is C25H25FN4O4. The van der Waals surface area contributed by atoms with Crippen LogP contribution in [-0.2, 0) is 29.0 Å². The van der Waals surface area contributed by atoms with Crippen LogP contribution in [0.4, 0.5) is 14.9 Å². The first-order valence-corrected chi connectivity index (χ1v) is 11.0. The van der Waals surface area contributed by atoms with Crippen molar-refractivity contribution < 1.29 is 18.7 Å². The normalized spacial score (nSPS) is 12.7. The lowest BCUT2D eigenvalue weighted by molar-refractivity contribution is -0.116. The Labute approximate surface area is 196 Å². The van der Waals surface area contributed by atoms with Gasteiger partial charge in [0.1, 0.15) is 18.2 Å². The van der Waals surface area contributed by atoms with Crippen LogP contribution >= 0.6 is 0 Å². The molecule has 1 aromatic heterocycles. The zero-order valence-corrected chi connectivity index (χ0v) is 19.0. The van der Waals surface area contributed by atoms with Crippen molar-refractivity contribution in [3.8, 4) is 11.4 Å². The first kappa shape index (κ1) is 23.2. The van der Waals surface area contributed by atoms with Crippen molar-refractivity contribution in [1.29, 1.82) is 0 Å². The van der Waals surface area contributed by atoms with Crippen molar-refractivity contribution in [2.24, 2.45) is 0 Å². The smallest absolute Gasteiger partial charge is 0.410 e. The van der Waals surface area contributed by atoms with E-state index in [4.69, 9.17) is 9.72 Å². The minimum atomic E-state index is -0.565. The zero-order chi connectivity index (χ0) is 24.2. The molecular weight excluding hydrogens is 439 g/mol. The van der Waals surface area contributed by atoms with Crippen molar-refractivity contribution in [1.82, 2.24) is 14.5 Å². The molecule has 1 aliphatic rings. The van der Waals surface area contributed by atoms with Crippen LogP contribution in [0.25, 0.3) is 11.4 Å². The van der Waals surface area contributed by atoms with Gasteiger partial charge in [-0.15, -0.1) is 0 Å². The fourth-order valence-corrected chi connectivity index (χ4v) is 3.86. The molecule has 3 aromatic rings. The number of nitrogens with one attached hydrogen (secondary N) is 1. The monoisotopic (exact) mass is 464 g/mol. The fraction of sp³-hybridized carbons (Fsp3) is 0.280. The van der Waals surface area contributed by atoms with Gasteiger partial charge in [-0.25, -0.2) is 14.2 Å². The minimum absolute atomic E-state index is 0.0356. The van der Waals surface area contributed by atoms with Gasteiger partial charge in [-0.05, 0) is 32.4 Å². The predicted molar refractivity (Wildman–Crippen MR) is 125 cm³/mol. The van der Waals surface area contributed by atoms with Crippen molar-refractivity contribution in [3.63, 3.8) is 0 Å². The molecule has 4 rings (SSSR count). The number of aromatic nitrogens is 2. The average molecular weight is 464 g/mol. The number of benzene rings is 2. The van der Waals surface area contributed by atoms with Crippen LogP contribution in [-0.4, -0.2) is 39.6 Å². The van der Waals surface area contributed by atoms with E-state index in [1.165, 1.54) is 27.7 Å². The Morgan fingerprint density at radius 2 is 1.88 bits per heavy atom. The standard InChI is InChI=1S/C25H25FN4O4/c1-3-34-25(33)29-13-12-18-21(14-29)28-23(17-10-8-16(2)9-11-17)30(24(18)32)15-22(31)27-20-7-5-4-6-19(20)26/h4-11H,3,12-15H2,1-2H3,(H,27,31). The number of aryl methyl sites for hydroxylation is 1. The molecule has 9 heteroatoms. The van der Waals surface area contributed by atoms with Crippen LogP contribution < -0.4 is 10.9 Å². The summed E-state index contributed by atoms with van der Waals surface area (Å²) in [7, 11) is 0. The largest absolute Gasteiger partial charge is 0.450 e. The van der Waals surface area contributed by atoms with Crippen molar-refractivity contribution in [3.05, 3.63) is 81.5 Å². The van der Waals surface area contributed by atoms with E-state index >= 15 is 0 Å². The van der Waals surface area contributed by atoms with Gasteiger partial charge in [0.2, 0.25) is 5.91 Å². The summed E-state index contributed by atoms with van der Waals surface area (Å²) in [5.41, 5.74) is 2.29. The SMILES string of the molecule is CCOC(=O)N1CCc2c(nc(-c3ccc(C)cc3)n(CC(=O)Nc3ccccc3F)c2=O)C1. The summed E-state index contributed by atoms with van der Waals surface area (Å²) in [5, 5.41) is 2.52. The number of fused-ring (bicyclic) bond motifs is 1. The van der Waals surface area contributed by atoms with Gasteiger partial charge < -0.3 is 15.0 Å². The Morgan fingerprint density at radius 1 is 1.15 bits per heavy atom. The highest BCUT2D eigenvalue weighted by atomic mass is 19.1. The number of anilines is 1. The minimum Gasteiger partial charge on any atom is -0.450 e. The number of hydrogen-bond acceptors (Lipinski definition) is 5. The molecule has 0 unspecified atom stereocenters. The molecule has 1 N–H and O–H groups in total. The van der Waals surface area contributed by atoms with E-state index in [1.807, 2.05) is 31.2 Å². The number of rotatable bonds is 5. The molecule has 34 heavy (non-hydrogen) atoms. The Bertz CT molecular complexity index is 1290. The quantitative estimate of drug-likeness (QED) is 0.624. The van der Waals surface area contributed by atoms with Gasteiger partial charge in [0.05, 0.1) is 24.5 Å². The van der Waals surface area contributed by atoms with E-state index in [-0.39, 0.29) is 30.9 Å². The number of carbonyl (C=O) groups is 2. The first-order chi connectivity index (χ1) is 16.4. The van der Waals surface area contributed by atoms with Crippen LogP contribution in [0.3, 0.4) is 0 Å². The van der Waals surface area contributed by atoms with E-state index in [0.717, 1.165) is 5.56 Å². The Hall–Kier alpha value is -4.01. The van der Waals surface area contributed by atoms with Crippen LogP contribution in [0.5, 0.6) is 0 Å². The predicted octanol–water partition coefficient (Wildman–Crippen LogP) is 3.51. The summed E-state index contributed by atoms with van der Waals surface area (Å²) >= 11 is 0. The lowest BCUT2D eigenvalue weighted by atomic mass is 10.1. The Balaban J connectivity index is 1.72. The average Bonchev–Trinajstić information content (AvgIpc) is 2.82. The van der Waals surface area contributed by atoms with Crippen LogP contribution in [0.2, 0.25) is 0 Å². The number of nitrogens with zero attached hydrogens (tertiary/aromatic N) is 3. The highest BCUT2D eigenvalue weighted by Crippen LogP contribution is 2.22. The van der Waals surface area contributed by atoms with Gasteiger partial charge in [0.25, 0.3) is 5.56 Å². The topological polar surface area (TPSA) is 93.5 Å². The van der Waals surface area contributed by atoms with Gasteiger partial charge in [-0.2, -0.15) is 0 Å². The van der Waals surface area contributed by atoms with E-state index < -0.39 is 17.8 Å². The molecule has 0 spiro atoms. The third kappa shape index (κ3) is 4.83. The van der Waals surface area contributed by atoms with Gasteiger partial charge in [-0.1, -0.05) is 42.0 Å². The summed E-state index contributed by atoms with van der Waals surface area (Å²) in [6.45, 7) is 4.05. The third-order valence-corrected chi connectivity index (χ3v) is 5.61. The van der Waals surface area contributed by atoms with E-state index in [9.17, 15) is 18.8 Å². The fourth-order valence-electron chi connectivity index (χ4n) is 3.86. The summed E-state index contributed by atoms with van der Waals surface area (Å²) in [6.07, 6.45) is -0.163. The number of para-hydroxylation sites is 1. The second-order valence-corrected chi connectivity index (χ2v) is 8.02. The number of carbonyl (C=O) groups excluding carboxylic acids is 2. The lowest BCUT2D eigenvalue weighted by Crippen LogP contribution is -2.42. The molecule has 176 valence electrons. The highest BCUT2D eigenvalue weighted by Gasteiger charge is 2.27. The molecule has 0 atom stereocenters. The third-order valence-electron chi connectivity index (χ3n) is 5.61. The van der Waals surface area contributed by atoms with E-state index in [0.29, 0.717) is 35.6 Å². The second-order valence-electron chi connectivity index (χ2n) is 8.02. The molecule has 2 amide bonds. The molecule has 0 saturated heterocycles. The van der Waals surface area contributed by atoms with Gasteiger partial charge >= 0.3 is 6.09 Å². The lowest BCUT2D eigenvalue weighted by Gasteiger charge is -2.28. The van der Waals surface area contributed by atoms with E-state index in [1.54, 1.807) is 13.0 Å². The maximum Gasteiger partial charge on any atom is 0.410 e. The summed E-state index contributed by atoms with van der Waals surface area (Å²) in [4.78, 5) is 44.7. The number of amides is 2. The molecule has 0 fully saturated rings. The molecule has 0 radical (unpaired) electrons. The van der Waals surface area contributed by atoms with Gasteiger partial charge in [-0.3, -0.25) is 14.2 Å². The van der Waals surface area contributed by atoms with Gasteiger partial charge in [0, 0.05) is 17.7 Å². The van der Waals surface area contributed by atoms with Crippen LogP contribution in [0, 0.1) is 12.7 Å². The molecule has 0 aliphatic carbocycles. The molecule has 2 aromatic carbocycles. The van der Waals surface area contributed by atoms with E-state index in [2.05, 4.69) is 5.32 Å². The van der Waals surface area contributed by atoms with Crippen molar-refractivity contribution in [2.45, 2.75) is 33.4 Å². The van der Waals surface area contributed by atoms with Crippen LogP contribution in [0.15, 0.2) is 53.3 Å². The molecule has 0 bridgehead atoms. The Morgan fingerprint density at radius 3 is 2.59 bits per heavy atom. The summed E-state index contributed by atoms with van der Waals surface area (Å²) in [5.74, 6) is -0.811. The number of halogens is 1. The van der Waals surface area contributed by atoms with Gasteiger partial charge in [0.15, 0.2) is 0 Å². The molecule has 1 aliphatic heterocycles. The van der Waals surface area contributed by atoms with Crippen molar-refractivity contribution in [2.75, 3.05) is 18.5 Å². The number of ether oxygens (including phenoxy) is 1. The summed E-state index contributed by atoms with van der Waals surface area (Å²) in [6, 6.07) is 13.2. The molecule has 0 saturated carbocycles. The maximum atomic E-state index is 14.0.